The molecule has 6 nitrogen and oxygen atoms in total. The second kappa shape index (κ2) is 8.45. The van der Waals surface area contributed by atoms with Crippen molar-refractivity contribution in [1.29, 1.82) is 0 Å². The van der Waals surface area contributed by atoms with Crippen molar-refractivity contribution in [2.45, 2.75) is 34.3 Å². The Morgan fingerprint density at radius 1 is 1.10 bits per heavy atom. The molecule has 0 saturated heterocycles. The van der Waals surface area contributed by atoms with Gasteiger partial charge in [0, 0.05) is 12.3 Å². The molecule has 2 N–H and O–H groups in total. The second-order valence-corrected chi connectivity index (χ2v) is 7.73. The molecule has 150 valence electrons. The average Bonchev–Trinajstić information content (AvgIpc) is 3.11. The minimum absolute atomic E-state index is 0.121. The number of aryl methyl sites for hydroxylation is 3. The number of nitrogens with two attached hydrogens (primary N) is 1. The number of anilines is 2. The molecule has 0 bridgehead atoms. The zero-order valence-electron chi connectivity index (χ0n) is 16.9. The maximum absolute atomic E-state index is 12.3. The van der Waals surface area contributed by atoms with Crippen LogP contribution in [0.15, 0.2) is 41.8 Å². The molecule has 1 aromatic heterocycles. The zero-order chi connectivity index (χ0) is 21.1. The number of ether oxygens (including phenoxy) is 1. The van der Waals surface area contributed by atoms with E-state index in [0.29, 0.717) is 22.1 Å². The van der Waals surface area contributed by atoms with Crippen molar-refractivity contribution in [1.82, 2.24) is 4.98 Å². The third kappa shape index (κ3) is 4.63. The molecule has 7 heteroatoms. The molecule has 0 aliphatic heterocycles. The summed E-state index contributed by atoms with van der Waals surface area (Å²) in [6.45, 7) is 7.63. The van der Waals surface area contributed by atoms with Crippen LogP contribution in [0.5, 0.6) is 5.75 Å². The van der Waals surface area contributed by atoms with Crippen LogP contribution in [-0.4, -0.2) is 16.8 Å². The van der Waals surface area contributed by atoms with Gasteiger partial charge in [0.25, 0.3) is 5.91 Å². The summed E-state index contributed by atoms with van der Waals surface area (Å²) in [6.07, 6.45) is 0. The van der Waals surface area contributed by atoms with Crippen molar-refractivity contribution in [2.24, 2.45) is 5.73 Å². The van der Waals surface area contributed by atoms with E-state index < -0.39 is 5.91 Å². The topological polar surface area (TPSA) is 85.5 Å². The van der Waals surface area contributed by atoms with E-state index in [1.54, 1.807) is 17.0 Å². The van der Waals surface area contributed by atoms with Gasteiger partial charge in [-0.25, -0.2) is 4.98 Å². The van der Waals surface area contributed by atoms with Crippen LogP contribution < -0.4 is 15.4 Å². The minimum Gasteiger partial charge on any atom is -0.486 e. The molecular formula is C22H23N3O3S. The summed E-state index contributed by atoms with van der Waals surface area (Å²) >= 11 is 1.36. The molecule has 0 saturated carbocycles. The lowest BCUT2D eigenvalue weighted by molar-refractivity contribution is -0.115. The maximum atomic E-state index is 12.3. The molecule has 0 fully saturated rings. The number of aromatic nitrogens is 1. The van der Waals surface area contributed by atoms with Gasteiger partial charge in [0.2, 0.25) is 5.91 Å². The third-order valence-electron chi connectivity index (χ3n) is 4.57. The standard InChI is InChI=1S/C22H23N3O3S/c1-13-5-8-19(21(23)27)20(9-13)28-11-17-12-29-22(24-17)25(16(4)26)18-7-6-14(2)15(3)10-18/h5-10,12H,11H2,1-4H3,(H2,23,27). The largest absolute Gasteiger partial charge is 0.486 e. The van der Waals surface area contributed by atoms with Crippen molar-refractivity contribution in [3.05, 3.63) is 69.7 Å². The van der Waals surface area contributed by atoms with Gasteiger partial charge in [-0.2, -0.15) is 0 Å². The number of rotatable bonds is 6. The Labute approximate surface area is 173 Å². The Morgan fingerprint density at radius 2 is 1.86 bits per heavy atom. The summed E-state index contributed by atoms with van der Waals surface area (Å²) in [5.41, 5.74) is 10.4. The zero-order valence-corrected chi connectivity index (χ0v) is 17.7. The van der Waals surface area contributed by atoms with Gasteiger partial charge in [0.15, 0.2) is 5.13 Å². The van der Waals surface area contributed by atoms with E-state index in [-0.39, 0.29) is 12.5 Å². The maximum Gasteiger partial charge on any atom is 0.252 e. The number of carbonyl (C=O) groups excluding carboxylic acids is 2. The quantitative estimate of drug-likeness (QED) is 0.652. The molecule has 0 aliphatic carbocycles. The van der Waals surface area contributed by atoms with Crippen molar-refractivity contribution < 1.29 is 14.3 Å². The van der Waals surface area contributed by atoms with E-state index in [1.807, 2.05) is 50.4 Å². The van der Waals surface area contributed by atoms with E-state index in [1.165, 1.54) is 18.3 Å². The first kappa shape index (κ1) is 20.5. The Hall–Kier alpha value is -3.19. The molecule has 3 rings (SSSR count). The number of hydrogen-bond donors (Lipinski definition) is 1. The highest BCUT2D eigenvalue weighted by atomic mass is 32.1. The highest BCUT2D eigenvalue weighted by molar-refractivity contribution is 7.14. The minimum atomic E-state index is -0.545. The van der Waals surface area contributed by atoms with Crippen LogP contribution >= 0.6 is 11.3 Å². The van der Waals surface area contributed by atoms with E-state index in [4.69, 9.17) is 10.5 Å². The van der Waals surface area contributed by atoms with Crippen LogP contribution in [0, 0.1) is 20.8 Å². The van der Waals surface area contributed by atoms with Crippen molar-refractivity contribution in [3.8, 4) is 5.75 Å². The molecule has 0 aliphatic rings. The van der Waals surface area contributed by atoms with Gasteiger partial charge in [-0.1, -0.05) is 12.1 Å². The number of primary amides is 1. The summed E-state index contributed by atoms with van der Waals surface area (Å²) < 4.78 is 5.80. The summed E-state index contributed by atoms with van der Waals surface area (Å²) in [7, 11) is 0. The van der Waals surface area contributed by atoms with Crippen LogP contribution in [0.25, 0.3) is 0 Å². The average molecular weight is 410 g/mol. The van der Waals surface area contributed by atoms with Crippen LogP contribution in [0.2, 0.25) is 0 Å². The molecule has 0 spiro atoms. The fourth-order valence-electron chi connectivity index (χ4n) is 2.86. The Bertz CT molecular complexity index is 1070. The van der Waals surface area contributed by atoms with Crippen LogP contribution in [0.1, 0.15) is 39.7 Å². The lowest BCUT2D eigenvalue weighted by Crippen LogP contribution is -2.22. The number of hydrogen-bond acceptors (Lipinski definition) is 5. The van der Waals surface area contributed by atoms with Crippen LogP contribution in [0.3, 0.4) is 0 Å². The second-order valence-electron chi connectivity index (χ2n) is 6.90. The van der Waals surface area contributed by atoms with Gasteiger partial charge in [-0.05, 0) is 61.7 Å². The molecule has 2 aromatic carbocycles. The van der Waals surface area contributed by atoms with E-state index in [0.717, 1.165) is 22.4 Å². The molecule has 0 atom stereocenters. The number of carbonyl (C=O) groups is 2. The highest BCUT2D eigenvalue weighted by Crippen LogP contribution is 2.31. The number of thiazole rings is 1. The number of benzene rings is 2. The Balaban J connectivity index is 1.82. The molecule has 3 aromatic rings. The summed E-state index contributed by atoms with van der Waals surface area (Å²) in [5.74, 6) is -0.245. The van der Waals surface area contributed by atoms with Crippen molar-refractivity contribution in [2.75, 3.05) is 4.90 Å². The Kier molecular flexibility index (Phi) is 5.98. The predicted molar refractivity (Wildman–Crippen MR) is 115 cm³/mol. The fraction of sp³-hybridized carbons (Fsp3) is 0.227. The van der Waals surface area contributed by atoms with Gasteiger partial charge in [-0.3, -0.25) is 14.5 Å². The normalized spacial score (nSPS) is 10.6. The van der Waals surface area contributed by atoms with E-state index >= 15 is 0 Å². The monoisotopic (exact) mass is 409 g/mol. The molecule has 0 radical (unpaired) electrons. The van der Waals surface area contributed by atoms with Crippen molar-refractivity contribution in [3.63, 3.8) is 0 Å². The smallest absolute Gasteiger partial charge is 0.252 e. The lowest BCUT2D eigenvalue weighted by atomic mass is 10.1. The number of nitrogens with zero attached hydrogens (tertiary/aromatic N) is 2. The first-order chi connectivity index (χ1) is 13.8. The SMILES string of the molecule is CC(=O)N(c1ccc(C)c(C)c1)c1nc(COc2cc(C)ccc2C(N)=O)cs1. The summed E-state index contributed by atoms with van der Waals surface area (Å²) in [6, 6.07) is 11.1. The lowest BCUT2D eigenvalue weighted by Gasteiger charge is -2.19. The molecule has 1 heterocycles. The fourth-order valence-corrected chi connectivity index (χ4v) is 3.73. The van der Waals surface area contributed by atoms with Gasteiger partial charge in [0.05, 0.1) is 16.9 Å². The molecule has 0 unspecified atom stereocenters. The van der Waals surface area contributed by atoms with E-state index in [9.17, 15) is 9.59 Å². The first-order valence-corrected chi connectivity index (χ1v) is 10.00. The Morgan fingerprint density at radius 3 is 2.52 bits per heavy atom. The third-order valence-corrected chi connectivity index (χ3v) is 5.45. The van der Waals surface area contributed by atoms with Crippen molar-refractivity contribution >= 4 is 34.0 Å². The molecular weight excluding hydrogens is 386 g/mol. The van der Waals surface area contributed by atoms with Gasteiger partial charge < -0.3 is 10.5 Å². The predicted octanol–water partition coefficient (Wildman–Crippen LogP) is 4.43. The van der Waals surface area contributed by atoms with Crippen LogP contribution in [0.4, 0.5) is 10.8 Å². The summed E-state index contributed by atoms with van der Waals surface area (Å²) in [4.78, 5) is 30.0. The highest BCUT2D eigenvalue weighted by Gasteiger charge is 2.19. The molecule has 2 amide bonds. The first-order valence-electron chi connectivity index (χ1n) is 9.12. The van der Waals surface area contributed by atoms with Gasteiger partial charge in [0.1, 0.15) is 12.4 Å². The summed E-state index contributed by atoms with van der Waals surface area (Å²) in [5, 5.41) is 2.41. The molecule has 29 heavy (non-hydrogen) atoms. The van der Waals surface area contributed by atoms with E-state index in [2.05, 4.69) is 4.98 Å². The van der Waals surface area contributed by atoms with Gasteiger partial charge >= 0.3 is 0 Å². The van der Waals surface area contributed by atoms with Crippen LogP contribution in [-0.2, 0) is 11.4 Å². The number of amides is 2. The van der Waals surface area contributed by atoms with Gasteiger partial charge in [-0.15, -0.1) is 11.3 Å².